The molecule has 0 bridgehead atoms. The smallest absolute Gasteiger partial charge is 0.159 e. The molecule has 10 aromatic rings. The van der Waals surface area contributed by atoms with Gasteiger partial charge in [-0.1, -0.05) is 133 Å². The number of nitrogens with zero attached hydrogens (tertiary/aromatic N) is 3. The molecule has 0 saturated carbocycles. The maximum Gasteiger partial charge on any atom is 0.159 e. The second-order valence-electron chi connectivity index (χ2n) is 14.8. The zero-order chi connectivity index (χ0) is 37.5. The first-order chi connectivity index (χ1) is 28.3. The molecule has 3 aromatic heterocycles. The quantitative estimate of drug-likeness (QED) is 0.191. The van der Waals surface area contributed by atoms with Crippen LogP contribution in [0.15, 0.2) is 183 Å². The summed E-state index contributed by atoms with van der Waals surface area (Å²) in [5, 5.41) is 10.4. The molecule has 2 aliphatic rings. The fourth-order valence-electron chi connectivity index (χ4n) is 8.98. The number of furan rings is 2. The molecule has 1 atom stereocenters. The molecule has 0 radical (unpaired) electrons. The van der Waals surface area contributed by atoms with Crippen molar-refractivity contribution in [2.24, 2.45) is 9.98 Å². The second kappa shape index (κ2) is 12.5. The van der Waals surface area contributed by atoms with Gasteiger partial charge in [-0.05, 0) is 54.3 Å². The van der Waals surface area contributed by atoms with Crippen molar-refractivity contribution in [3.63, 3.8) is 0 Å². The number of aromatic nitrogens is 1. The van der Waals surface area contributed by atoms with Gasteiger partial charge in [0.2, 0.25) is 0 Å². The van der Waals surface area contributed by atoms with Crippen LogP contribution in [0.4, 0.5) is 0 Å². The lowest BCUT2D eigenvalue weighted by atomic mass is 9.97. The van der Waals surface area contributed by atoms with Gasteiger partial charge in [-0.3, -0.25) is 0 Å². The molecular weight excluding hydrogens is 701 g/mol. The summed E-state index contributed by atoms with van der Waals surface area (Å²) in [5.74, 6) is 1.51. The highest BCUT2D eigenvalue weighted by Gasteiger charge is 2.26. The average Bonchev–Trinajstić information content (AvgIpc) is 3.96. The topological polar surface area (TPSA) is 68.0 Å². The number of amidine groups is 2. The monoisotopic (exact) mass is 734 g/mol. The van der Waals surface area contributed by atoms with Gasteiger partial charge in [0, 0.05) is 60.6 Å². The van der Waals surface area contributed by atoms with Crippen molar-refractivity contribution in [1.82, 2.24) is 9.88 Å². The van der Waals surface area contributed by atoms with Crippen LogP contribution in [-0.4, -0.2) is 16.2 Å². The van der Waals surface area contributed by atoms with Crippen LogP contribution in [0.2, 0.25) is 0 Å². The Morgan fingerprint density at radius 1 is 0.596 bits per heavy atom. The molecule has 4 heterocycles. The third-order valence-electron chi connectivity index (χ3n) is 11.6. The Labute approximate surface area is 327 Å². The summed E-state index contributed by atoms with van der Waals surface area (Å²) in [6.07, 6.45) is 3.68. The van der Waals surface area contributed by atoms with E-state index >= 15 is 0 Å². The van der Waals surface area contributed by atoms with Gasteiger partial charge < -0.3 is 18.7 Å². The van der Waals surface area contributed by atoms with Crippen LogP contribution in [-0.2, 0) is 0 Å². The number of aliphatic imine (C=N–C) groups is 2. The van der Waals surface area contributed by atoms with Crippen molar-refractivity contribution in [2.45, 2.75) is 19.0 Å². The van der Waals surface area contributed by atoms with Gasteiger partial charge in [0.1, 0.15) is 34.2 Å². The van der Waals surface area contributed by atoms with Crippen LogP contribution < -0.4 is 16.0 Å². The lowest BCUT2D eigenvalue weighted by Crippen LogP contribution is -2.36. The number of hydrogen-bond acceptors (Lipinski definition) is 5. The number of hydrogen-bond donors (Lipinski definition) is 1. The number of rotatable bonds is 5. The minimum Gasteiger partial charge on any atom is -0.456 e. The minimum absolute atomic E-state index is 0.279. The lowest BCUT2D eigenvalue weighted by molar-refractivity contribution is 0.570. The molecule has 1 aliphatic heterocycles. The summed E-state index contributed by atoms with van der Waals surface area (Å²) in [4.78, 5) is 10.4. The maximum atomic E-state index is 7.04. The SMILES string of the molecule is C1=c2c(oc3c(-c4cccc5oc6cc(-n7c8ccccc8c8ccccc87)ccc6c45)cccc23)=C(C2=NC(c3ccccc3)NC(c3ccccc3)=N2)CC1. The van der Waals surface area contributed by atoms with Crippen molar-refractivity contribution < 1.29 is 8.83 Å². The predicted molar refractivity (Wildman–Crippen MR) is 232 cm³/mol. The van der Waals surface area contributed by atoms with Crippen LogP contribution >= 0.6 is 0 Å². The third kappa shape index (κ3) is 4.97. The highest BCUT2D eigenvalue weighted by atomic mass is 16.3. The Morgan fingerprint density at radius 2 is 1.30 bits per heavy atom. The zero-order valence-electron chi connectivity index (χ0n) is 30.8. The highest BCUT2D eigenvalue weighted by molar-refractivity contribution is 6.24. The van der Waals surface area contributed by atoms with E-state index in [1.807, 2.05) is 24.3 Å². The minimum atomic E-state index is -0.279. The van der Waals surface area contributed by atoms with Crippen LogP contribution in [0, 0.1) is 0 Å². The first kappa shape index (κ1) is 31.9. The van der Waals surface area contributed by atoms with Crippen LogP contribution in [0.25, 0.3) is 83.2 Å². The number of fused-ring (bicyclic) bond motifs is 9. The maximum absolute atomic E-state index is 7.04. The first-order valence-electron chi connectivity index (χ1n) is 19.5. The van der Waals surface area contributed by atoms with E-state index in [4.69, 9.17) is 18.8 Å². The Balaban J connectivity index is 1.03. The Kier molecular flexibility index (Phi) is 7.01. The fraction of sp³-hybridized carbons (Fsp3) is 0.0588. The Bertz CT molecular complexity index is 3390. The van der Waals surface area contributed by atoms with E-state index < -0.39 is 0 Å². The molecule has 0 spiro atoms. The molecular formula is C51H34N4O2. The molecule has 0 saturated heterocycles. The van der Waals surface area contributed by atoms with Crippen molar-refractivity contribution in [1.29, 1.82) is 0 Å². The van der Waals surface area contributed by atoms with Gasteiger partial charge in [0.05, 0.1) is 11.0 Å². The molecule has 6 nitrogen and oxygen atoms in total. The van der Waals surface area contributed by atoms with Crippen LogP contribution in [0.1, 0.15) is 30.1 Å². The molecule has 12 rings (SSSR count). The van der Waals surface area contributed by atoms with E-state index in [-0.39, 0.29) is 6.17 Å². The molecule has 57 heavy (non-hydrogen) atoms. The highest BCUT2D eigenvalue weighted by Crippen LogP contribution is 2.41. The lowest BCUT2D eigenvalue weighted by Gasteiger charge is -2.24. The van der Waals surface area contributed by atoms with E-state index in [1.165, 1.54) is 21.8 Å². The number of benzene rings is 7. The number of nitrogens with one attached hydrogen (secondary N) is 1. The van der Waals surface area contributed by atoms with Crippen molar-refractivity contribution >= 4 is 78.0 Å². The summed E-state index contributed by atoms with van der Waals surface area (Å²) in [6.45, 7) is 0. The summed E-state index contributed by atoms with van der Waals surface area (Å²) < 4.78 is 16.0. The van der Waals surface area contributed by atoms with Crippen molar-refractivity contribution in [3.8, 4) is 16.8 Å². The molecule has 0 fully saturated rings. The van der Waals surface area contributed by atoms with Crippen molar-refractivity contribution in [2.75, 3.05) is 0 Å². The van der Waals surface area contributed by atoms with E-state index in [9.17, 15) is 0 Å². The van der Waals surface area contributed by atoms with Gasteiger partial charge in [0.25, 0.3) is 0 Å². The largest absolute Gasteiger partial charge is 0.456 e. The summed E-state index contributed by atoms with van der Waals surface area (Å²) in [7, 11) is 0. The van der Waals surface area contributed by atoms with E-state index in [1.54, 1.807) is 0 Å². The third-order valence-corrected chi connectivity index (χ3v) is 11.6. The molecule has 6 heteroatoms. The van der Waals surface area contributed by atoms with E-state index in [0.717, 1.165) is 95.7 Å². The summed E-state index contributed by atoms with van der Waals surface area (Å²) in [5.41, 5.74) is 12.0. The zero-order valence-corrected chi connectivity index (χ0v) is 30.8. The van der Waals surface area contributed by atoms with Gasteiger partial charge in [-0.25, -0.2) is 9.98 Å². The van der Waals surface area contributed by atoms with Gasteiger partial charge in [0.15, 0.2) is 5.84 Å². The second-order valence-corrected chi connectivity index (χ2v) is 14.8. The van der Waals surface area contributed by atoms with E-state index in [2.05, 4.69) is 155 Å². The molecule has 7 aromatic carbocycles. The Hall–Kier alpha value is -7.44. The van der Waals surface area contributed by atoms with Crippen LogP contribution in [0.3, 0.4) is 0 Å². The van der Waals surface area contributed by atoms with Gasteiger partial charge >= 0.3 is 0 Å². The van der Waals surface area contributed by atoms with E-state index in [0.29, 0.717) is 5.84 Å². The Morgan fingerprint density at radius 3 is 2.11 bits per heavy atom. The predicted octanol–water partition coefficient (Wildman–Crippen LogP) is 11.0. The average molecular weight is 735 g/mol. The molecule has 0 amide bonds. The standard InChI is InChI=1S/C51H34N4O2/c1-3-14-31(15-4-1)49-52-50(32-16-5-2-6-17-32)54-51(53-49)41-24-12-23-39-38-22-11-21-37(47(38)57-48(39)41)36-20-13-27-44-46(36)40-29-28-33(30-45(40)56-44)55-42-25-9-7-18-34(42)35-19-8-10-26-43(35)55/h1-11,13-23,25-30,49H,12,24H2,(H,52,53,54). The number of para-hydroxylation sites is 3. The van der Waals surface area contributed by atoms with Gasteiger partial charge in [-0.15, -0.1) is 0 Å². The fourth-order valence-corrected chi connectivity index (χ4v) is 8.98. The molecule has 1 N–H and O–H groups in total. The summed E-state index contributed by atoms with van der Waals surface area (Å²) >= 11 is 0. The van der Waals surface area contributed by atoms with Crippen molar-refractivity contribution in [3.05, 3.63) is 186 Å². The van der Waals surface area contributed by atoms with Gasteiger partial charge in [-0.2, -0.15) is 0 Å². The molecule has 270 valence electrons. The molecule has 1 aliphatic carbocycles. The summed E-state index contributed by atoms with van der Waals surface area (Å²) in [6, 6.07) is 57.2. The normalized spacial score (nSPS) is 15.5. The molecule has 1 unspecified atom stereocenters. The first-order valence-corrected chi connectivity index (χ1v) is 19.5. The van der Waals surface area contributed by atoms with Crippen LogP contribution in [0.5, 0.6) is 0 Å².